The number of thiazole rings is 1. The SMILES string of the molecule is O=C(O)c1csc(CSc2ccccc2F)n1. The summed E-state index contributed by atoms with van der Waals surface area (Å²) in [6.45, 7) is 0. The van der Waals surface area contributed by atoms with Gasteiger partial charge < -0.3 is 5.11 Å². The van der Waals surface area contributed by atoms with Gasteiger partial charge in [-0.1, -0.05) is 12.1 Å². The van der Waals surface area contributed by atoms with Gasteiger partial charge in [0.05, 0.1) is 5.75 Å². The van der Waals surface area contributed by atoms with Gasteiger partial charge in [-0.15, -0.1) is 23.1 Å². The van der Waals surface area contributed by atoms with Gasteiger partial charge >= 0.3 is 5.97 Å². The molecule has 0 atom stereocenters. The van der Waals surface area contributed by atoms with Crippen LogP contribution in [0.4, 0.5) is 4.39 Å². The molecule has 0 amide bonds. The van der Waals surface area contributed by atoms with Crippen LogP contribution in [-0.2, 0) is 5.75 Å². The fraction of sp³-hybridized carbons (Fsp3) is 0.0909. The number of carbonyl (C=O) groups is 1. The molecular formula is C11H8FNO2S2. The number of benzene rings is 1. The summed E-state index contributed by atoms with van der Waals surface area (Å²) in [5, 5.41) is 10.9. The number of hydrogen-bond acceptors (Lipinski definition) is 4. The smallest absolute Gasteiger partial charge is 0.355 e. The Morgan fingerprint density at radius 3 is 2.88 bits per heavy atom. The van der Waals surface area contributed by atoms with Crippen molar-refractivity contribution >= 4 is 29.1 Å². The van der Waals surface area contributed by atoms with Crippen molar-refractivity contribution in [3.8, 4) is 0 Å². The van der Waals surface area contributed by atoms with Crippen LogP contribution in [0.25, 0.3) is 0 Å². The van der Waals surface area contributed by atoms with E-state index >= 15 is 0 Å². The molecule has 6 heteroatoms. The number of carboxylic acid groups (broad SMARTS) is 1. The van der Waals surface area contributed by atoms with Crippen molar-refractivity contribution in [2.24, 2.45) is 0 Å². The van der Waals surface area contributed by atoms with Crippen molar-refractivity contribution in [3.05, 3.63) is 46.2 Å². The third-order valence-electron chi connectivity index (χ3n) is 1.96. The lowest BCUT2D eigenvalue weighted by molar-refractivity contribution is 0.0691. The third-order valence-corrected chi connectivity index (χ3v) is 4.05. The summed E-state index contributed by atoms with van der Waals surface area (Å²) in [6.07, 6.45) is 0. The number of hydrogen-bond donors (Lipinski definition) is 1. The van der Waals surface area contributed by atoms with E-state index in [1.165, 1.54) is 34.5 Å². The first-order valence-electron chi connectivity index (χ1n) is 4.72. The van der Waals surface area contributed by atoms with Crippen LogP contribution in [0.1, 0.15) is 15.5 Å². The minimum atomic E-state index is -1.04. The second-order valence-corrected chi connectivity index (χ2v) is 5.11. The zero-order valence-corrected chi connectivity index (χ0v) is 10.2. The van der Waals surface area contributed by atoms with Gasteiger partial charge in [-0.2, -0.15) is 0 Å². The molecule has 1 aromatic carbocycles. The maximum atomic E-state index is 13.3. The van der Waals surface area contributed by atoms with Crippen molar-refractivity contribution < 1.29 is 14.3 Å². The summed E-state index contributed by atoms with van der Waals surface area (Å²) in [5.74, 6) is -0.838. The van der Waals surface area contributed by atoms with Crippen LogP contribution in [0, 0.1) is 5.82 Å². The predicted molar refractivity (Wildman–Crippen MR) is 65.0 cm³/mol. The molecule has 0 saturated carbocycles. The van der Waals surface area contributed by atoms with E-state index in [1.54, 1.807) is 18.2 Å². The monoisotopic (exact) mass is 269 g/mol. The molecule has 0 saturated heterocycles. The van der Waals surface area contributed by atoms with Crippen LogP contribution in [-0.4, -0.2) is 16.1 Å². The van der Waals surface area contributed by atoms with E-state index in [1.807, 2.05) is 0 Å². The largest absolute Gasteiger partial charge is 0.476 e. The number of rotatable bonds is 4. The zero-order chi connectivity index (χ0) is 12.3. The predicted octanol–water partition coefficient (Wildman–Crippen LogP) is 3.27. The van der Waals surface area contributed by atoms with E-state index in [0.717, 1.165) is 0 Å². The molecule has 2 rings (SSSR count). The van der Waals surface area contributed by atoms with Gasteiger partial charge in [0.25, 0.3) is 0 Å². The van der Waals surface area contributed by atoms with Crippen LogP contribution in [0.3, 0.4) is 0 Å². The molecule has 0 radical (unpaired) electrons. The van der Waals surface area contributed by atoms with Gasteiger partial charge in [-0.25, -0.2) is 14.2 Å². The minimum absolute atomic E-state index is 0.0409. The summed E-state index contributed by atoms with van der Waals surface area (Å²) in [5.41, 5.74) is 0.0409. The first-order valence-corrected chi connectivity index (χ1v) is 6.58. The lowest BCUT2D eigenvalue weighted by Gasteiger charge is -1.99. The number of thioether (sulfide) groups is 1. The zero-order valence-electron chi connectivity index (χ0n) is 8.59. The number of nitrogens with zero attached hydrogens (tertiary/aromatic N) is 1. The Morgan fingerprint density at radius 1 is 1.47 bits per heavy atom. The number of aromatic nitrogens is 1. The quantitative estimate of drug-likeness (QED) is 0.865. The first-order chi connectivity index (χ1) is 8.16. The van der Waals surface area contributed by atoms with Gasteiger partial charge in [-0.05, 0) is 12.1 Å². The maximum Gasteiger partial charge on any atom is 0.355 e. The lowest BCUT2D eigenvalue weighted by Crippen LogP contribution is -1.96. The van der Waals surface area contributed by atoms with Crippen molar-refractivity contribution in [2.75, 3.05) is 0 Å². The average molecular weight is 269 g/mol. The molecule has 2 aromatic rings. The molecule has 17 heavy (non-hydrogen) atoms. The maximum absolute atomic E-state index is 13.3. The van der Waals surface area contributed by atoms with Gasteiger partial charge in [0, 0.05) is 10.3 Å². The number of aromatic carboxylic acids is 1. The van der Waals surface area contributed by atoms with Crippen LogP contribution >= 0.6 is 23.1 Å². The van der Waals surface area contributed by atoms with Gasteiger partial charge in [0.1, 0.15) is 10.8 Å². The Morgan fingerprint density at radius 2 is 2.24 bits per heavy atom. The highest BCUT2D eigenvalue weighted by Gasteiger charge is 2.09. The number of carboxylic acids is 1. The van der Waals surface area contributed by atoms with Crippen molar-refractivity contribution in [1.29, 1.82) is 0 Å². The Labute approximate surface area is 105 Å². The van der Waals surface area contributed by atoms with E-state index in [-0.39, 0.29) is 11.5 Å². The third kappa shape index (κ3) is 3.04. The standard InChI is InChI=1S/C11H8FNO2S2/c12-7-3-1-2-4-9(7)16-6-10-13-8(5-17-10)11(14)15/h1-5H,6H2,(H,14,15). The van der Waals surface area contributed by atoms with E-state index in [2.05, 4.69) is 4.98 Å². The molecule has 88 valence electrons. The number of halogens is 1. The van der Waals surface area contributed by atoms with Crippen molar-refractivity contribution in [2.45, 2.75) is 10.6 Å². The van der Waals surface area contributed by atoms with Gasteiger partial charge in [-0.3, -0.25) is 0 Å². The Balaban J connectivity index is 2.02. The topological polar surface area (TPSA) is 50.2 Å². The molecule has 0 fully saturated rings. The molecule has 0 unspecified atom stereocenters. The fourth-order valence-electron chi connectivity index (χ4n) is 1.18. The molecule has 0 aliphatic carbocycles. The van der Waals surface area contributed by atoms with Crippen LogP contribution < -0.4 is 0 Å². The molecule has 0 aliphatic rings. The lowest BCUT2D eigenvalue weighted by atomic mass is 10.3. The highest BCUT2D eigenvalue weighted by atomic mass is 32.2. The van der Waals surface area contributed by atoms with Crippen molar-refractivity contribution in [3.63, 3.8) is 0 Å². The van der Waals surface area contributed by atoms with Gasteiger partial charge in [0.15, 0.2) is 5.69 Å². The summed E-state index contributed by atoms with van der Waals surface area (Å²) in [6, 6.07) is 6.47. The molecule has 0 aliphatic heterocycles. The molecular weight excluding hydrogens is 261 g/mol. The Kier molecular flexibility index (Phi) is 3.75. The van der Waals surface area contributed by atoms with E-state index < -0.39 is 5.97 Å². The van der Waals surface area contributed by atoms with Crippen LogP contribution in [0.2, 0.25) is 0 Å². The van der Waals surface area contributed by atoms with Crippen molar-refractivity contribution in [1.82, 2.24) is 4.98 Å². The van der Waals surface area contributed by atoms with Crippen LogP contribution in [0.15, 0.2) is 34.5 Å². The highest BCUT2D eigenvalue weighted by Crippen LogP contribution is 2.26. The summed E-state index contributed by atoms with van der Waals surface area (Å²) in [7, 11) is 0. The second kappa shape index (κ2) is 5.29. The normalized spacial score (nSPS) is 10.4. The first kappa shape index (κ1) is 12.1. The minimum Gasteiger partial charge on any atom is -0.476 e. The van der Waals surface area contributed by atoms with E-state index in [9.17, 15) is 9.18 Å². The van der Waals surface area contributed by atoms with Gasteiger partial charge in [0.2, 0.25) is 0 Å². The second-order valence-electron chi connectivity index (χ2n) is 3.15. The molecule has 1 N–H and O–H groups in total. The van der Waals surface area contributed by atoms with E-state index in [0.29, 0.717) is 15.7 Å². The summed E-state index contributed by atoms with van der Waals surface area (Å²) in [4.78, 5) is 15.1. The molecule has 0 bridgehead atoms. The molecule has 1 aromatic heterocycles. The molecule has 0 spiro atoms. The van der Waals surface area contributed by atoms with E-state index in [4.69, 9.17) is 5.11 Å². The van der Waals surface area contributed by atoms with Crippen LogP contribution in [0.5, 0.6) is 0 Å². The molecule has 3 nitrogen and oxygen atoms in total. The summed E-state index contributed by atoms with van der Waals surface area (Å²) < 4.78 is 13.3. The Bertz CT molecular complexity index is 542. The average Bonchev–Trinajstić information content (AvgIpc) is 2.77. The Hall–Kier alpha value is -1.40. The highest BCUT2D eigenvalue weighted by molar-refractivity contribution is 7.98. The molecule has 1 heterocycles. The summed E-state index contributed by atoms with van der Waals surface area (Å²) >= 11 is 2.57. The fourth-order valence-corrected chi connectivity index (χ4v) is 2.90.